The fourth-order valence-electron chi connectivity index (χ4n) is 3.06. The SMILES string of the molecule is COc1ccccc1CNC(=O)c1cc(S(=O)(=O)N(C)Cc2ccccc2)ccc1Cl. The van der Waals surface area contributed by atoms with E-state index in [4.69, 9.17) is 16.3 Å². The van der Waals surface area contributed by atoms with Gasteiger partial charge in [0.1, 0.15) is 5.75 Å². The van der Waals surface area contributed by atoms with Crippen molar-refractivity contribution in [3.8, 4) is 5.75 Å². The van der Waals surface area contributed by atoms with E-state index in [2.05, 4.69) is 5.32 Å². The molecule has 3 aromatic carbocycles. The topological polar surface area (TPSA) is 75.7 Å². The Morgan fingerprint density at radius 1 is 1.03 bits per heavy atom. The molecule has 1 amide bonds. The van der Waals surface area contributed by atoms with Crippen LogP contribution in [0.3, 0.4) is 0 Å². The maximum absolute atomic E-state index is 13.0. The van der Waals surface area contributed by atoms with E-state index >= 15 is 0 Å². The Hall–Kier alpha value is -2.87. The number of rotatable bonds is 8. The highest BCUT2D eigenvalue weighted by molar-refractivity contribution is 7.89. The number of nitrogens with zero attached hydrogens (tertiary/aromatic N) is 1. The Morgan fingerprint density at radius 3 is 2.42 bits per heavy atom. The van der Waals surface area contributed by atoms with E-state index < -0.39 is 15.9 Å². The minimum Gasteiger partial charge on any atom is -0.496 e. The van der Waals surface area contributed by atoms with Crippen molar-refractivity contribution in [2.45, 2.75) is 18.0 Å². The van der Waals surface area contributed by atoms with Crippen molar-refractivity contribution >= 4 is 27.5 Å². The highest BCUT2D eigenvalue weighted by atomic mass is 35.5. The van der Waals surface area contributed by atoms with Crippen molar-refractivity contribution in [3.63, 3.8) is 0 Å². The zero-order valence-electron chi connectivity index (χ0n) is 17.2. The highest BCUT2D eigenvalue weighted by Gasteiger charge is 2.23. The van der Waals surface area contributed by atoms with Gasteiger partial charge in [-0.3, -0.25) is 4.79 Å². The number of para-hydroxylation sites is 1. The molecule has 0 unspecified atom stereocenters. The molecule has 0 saturated heterocycles. The van der Waals surface area contributed by atoms with Crippen molar-refractivity contribution in [1.82, 2.24) is 9.62 Å². The Kier molecular flexibility index (Phi) is 7.33. The highest BCUT2D eigenvalue weighted by Crippen LogP contribution is 2.24. The average molecular weight is 459 g/mol. The molecule has 0 bridgehead atoms. The third-order valence-corrected chi connectivity index (χ3v) is 6.90. The molecule has 162 valence electrons. The molecule has 1 N–H and O–H groups in total. The fraction of sp³-hybridized carbons (Fsp3) is 0.174. The van der Waals surface area contributed by atoms with Gasteiger partial charge >= 0.3 is 0 Å². The van der Waals surface area contributed by atoms with Crippen LogP contribution in [0.5, 0.6) is 5.75 Å². The number of hydrogen-bond donors (Lipinski definition) is 1. The Morgan fingerprint density at radius 2 is 1.71 bits per heavy atom. The van der Waals surface area contributed by atoms with Crippen LogP contribution in [0.25, 0.3) is 0 Å². The van der Waals surface area contributed by atoms with Crippen molar-refractivity contribution in [2.24, 2.45) is 0 Å². The average Bonchev–Trinajstić information content (AvgIpc) is 2.78. The largest absolute Gasteiger partial charge is 0.496 e. The molecule has 0 aliphatic rings. The van der Waals surface area contributed by atoms with Crippen molar-refractivity contribution in [3.05, 3.63) is 94.5 Å². The molecule has 0 aromatic heterocycles. The number of methoxy groups -OCH3 is 1. The summed E-state index contributed by atoms with van der Waals surface area (Å²) in [6.07, 6.45) is 0. The fourth-order valence-corrected chi connectivity index (χ4v) is 4.45. The van der Waals surface area contributed by atoms with Gasteiger partial charge in [-0.1, -0.05) is 60.1 Å². The summed E-state index contributed by atoms with van der Waals surface area (Å²) in [7, 11) is -0.761. The van der Waals surface area contributed by atoms with Crippen LogP contribution in [-0.4, -0.2) is 32.8 Å². The number of halogens is 1. The minimum atomic E-state index is -3.81. The minimum absolute atomic E-state index is 0.00206. The summed E-state index contributed by atoms with van der Waals surface area (Å²) in [6, 6.07) is 20.7. The summed E-state index contributed by atoms with van der Waals surface area (Å²) in [4.78, 5) is 12.7. The van der Waals surface area contributed by atoms with Gasteiger partial charge < -0.3 is 10.1 Å². The van der Waals surface area contributed by atoms with Gasteiger partial charge in [-0.15, -0.1) is 0 Å². The van der Waals surface area contributed by atoms with Crippen molar-refractivity contribution in [2.75, 3.05) is 14.2 Å². The van der Waals surface area contributed by atoms with Gasteiger partial charge in [0.15, 0.2) is 0 Å². The first-order chi connectivity index (χ1) is 14.8. The van der Waals surface area contributed by atoms with Gasteiger partial charge in [0.05, 0.1) is 22.6 Å². The molecule has 0 atom stereocenters. The maximum Gasteiger partial charge on any atom is 0.253 e. The number of nitrogens with one attached hydrogen (secondary N) is 1. The zero-order valence-corrected chi connectivity index (χ0v) is 18.8. The van der Waals surface area contributed by atoms with Gasteiger partial charge in [0.25, 0.3) is 5.91 Å². The molecule has 6 nitrogen and oxygen atoms in total. The van der Waals surface area contributed by atoms with E-state index in [1.54, 1.807) is 13.2 Å². The third-order valence-electron chi connectivity index (χ3n) is 4.77. The van der Waals surface area contributed by atoms with E-state index in [0.29, 0.717) is 5.75 Å². The normalized spacial score (nSPS) is 11.4. The van der Waals surface area contributed by atoms with E-state index in [0.717, 1.165) is 11.1 Å². The smallest absolute Gasteiger partial charge is 0.253 e. The van der Waals surface area contributed by atoms with E-state index in [1.165, 1.54) is 29.6 Å². The number of amides is 1. The van der Waals surface area contributed by atoms with Crippen LogP contribution in [-0.2, 0) is 23.1 Å². The molecule has 0 fully saturated rings. The molecule has 0 spiro atoms. The zero-order chi connectivity index (χ0) is 22.4. The van der Waals surface area contributed by atoms with E-state index in [-0.39, 0.29) is 28.6 Å². The predicted octanol–water partition coefficient (Wildman–Crippen LogP) is 4.10. The quantitative estimate of drug-likeness (QED) is 0.551. The number of hydrogen-bond acceptors (Lipinski definition) is 4. The summed E-state index contributed by atoms with van der Waals surface area (Å²) in [5.41, 5.74) is 1.74. The molecule has 3 rings (SSSR count). The van der Waals surface area contributed by atoms with Gasteiger partial charge in [0, 0.05) is 25.7 Å². The number of sulfonamides is 1. The Bertz CT molecular complexity index is 1170. The lowest BCUT2D eigenvalue weighted by Crippen LogP contribution is -2.27. The Balaban J connectivity index is 1.79. The summed E-state index contributed by atoms with van der Waals surface area (Å²) >= 11 is 6.20. The predicted molar refractivity (Wildman–Crippen MR) is 121 cm³/mol. The van der Waals surface area contributed by atoms with Crippen molar-refractivity contribution in [1.29, 1.82) is 0 Å². The molecule has 0 aliphatic heterocycles. The maximum atomic E-state index is 13.0. The lowest BCUT2D eigenvalue weighted by molar-refractivity contribution is 0.0950. The lowest BCUT2D eigenvalue weighted by atomic mass is 10.1. The molecule has 8 heteroatoms. The second-order valence-electron chi connectivity index (χ2n) is 6.88. The molecule has 3 aromatic rings. The van der Waals surface area contributed by atoms with Crippen LogP contribution in [0.1, 0.15) is 21.5 Å². The monoisotopic (exact) mass is 458 g/mol. The first kappa shape index (κ1) is 22.8. The summed E-state index contributed by atoms with van der Waals surface area (Å²) in [6.45, 7) is 0.422. The van der Waals surface area contributed by atoms with Gasteiger partial charge in [-0.05, 0) is 29.8 Å². The molecule has 0 radical (unpaired) electrons. The third kappa shape index (κ3) is 5.44. The molecule has 0 saturated carbocycles. The molecular formula is C23H23ClN2O4S. The second kappa shape index (κ2) is 9.96. The number of carbonyl (C=O) groups excluding carboxylic acids is 1. The molecular weight excluding hydrogens is 436 g/mol. The van der Waals surface area contributed by atoms with Crippen LogP contribution >= 0.6 is 11.6 Å². The van der Waals surface area contributed by atoms with Crippen LogP contribution in [0.4, 0.5) is 0 Å². The summed E-state index contributed by atoms with van der Waals surface area (Å²) < 4.78 is 32.6. The molecule has 31 heavy (non-hydrogen) atoms. The van der Waals surface area contributed by atoms with Gasteiger partial charge in [-0.25, -0.2) is 8.42 Å². The molecule has 0 aliphatic carbocycles. The summed E-state index contributed by atoms with van der Waals surface area (Å²) in [5, 5.41) is 2.94. The first-order valence-electron chi connectivity index (χ1n) is 9.53. The number of benzene rings is 3. The van der Waals surface area contributed by atoms with Crippen LogP contribution in [0, 0.1) is 0 Å². The number of carbonyl (C=O) groups is 1. The summed E-state index contributed by atoms with van der Waals surface area (Å²) in [5.74, 6) is 0.173. The van der Waals surface area contributed by atoms with E-state index in [9.17, 15) is 13.2 Å². The molecule has 0 heterocycles. The van der Waals surface area contributed by atoms with Gasteiger partial charge in [-0.2, -0.15) is 4.31 Å². The number of ether oxygens (including phenoxy) is 1. The van der Waals surface area contributed by atoms with Crippen LogP contribution in [0.15, 0.2) is 77.7 Å². The van der Waals surface area contributed by atoms with Crippen molar-refractivity contribution < 1.29 is 17.9 Å². The second-order valence-corrected chi connectivity index (χ2v) is 9.33. The Labute approximate surface area is 187 Å². The van der Waals surface area contributed by atoms with Crippen LogP contribution in [0.2, 0.25) is 5.02 Å². The standard InChI is InChI=1S/C23H23ClN2O4S/c1-26(16-17-8-4-3-5-9-17)31(28,29)19-12-13-21(24)20(14-19)23(27)25-15-18-10-6-7-11-22(18)30-2/h3-14H,15-16H2,1-2H3,(H,25,27). The lowest BCUT2D eigenvalue weighted by Gasteiger charge is -2.18. The van der Waals surface area contributed by atoms with Gasteiger partial charge in [0.2, 0.25) is 10.0 Å². The van der Waals surface area contributed by atoms with E-state index in [1.807, 2.05) is 48.5 Å². The van der Waals surface area contributed by atoms with Crippen LogP contribution < -0.4 is 10.1 Å². The first-order valence-corrected chi connectivity index (χ1v) is 11.3.